The van der Waals surface area contributed by atoms with Crippen molar-refractivity contribution in [3.8, 4) is 5.75 Å². The second kappa shape index (κ2) is 6.80. The van der Waals surface area contributed by atoms with Gasteiger partial charge in [-0.25, -0.2) is 0 Å². The zero-order chi connectivity index (χ0) is 18.9. The van der Waals surface area contributed by atoms with Gasteiger partial charge in [-0.3, -0.25) is 9.59 Å². The van der Waals surface area contributed by atoms with Crippen molar-refractivity contribution < 1.29 is 22.2 Å². The lowest BCUT2D eigenvalue weighted by Crippen LogP contribution is -2.25. The van der Waals surface area contributed by atoms with Gasteiger partial charge in [-0.15, -0.1) is 0 Å². The van der Waals surface area contributed by atoms with Crippen LogP contribution in [0.4, 0.5) is 11.4 Å². The summed E-state index contributed by atoms with van der Waals surface area (Å²) in [6, 6.07) is 10.8. The maximum atomic E-state index is 12.6. The molecular formula is C18H18N2O5S. The minimum Gasteiger partial charge on any atom is -0.377 e. The Morgan fingerprint density at radius 3 is 2.54 bits per heavy atom. The van der Waals surface area contributed by atoms with Gasteiger partial charge in [0.2, 0.25) is 11.8 Å². The van der Waals surface area contributed by atoms with E-state index in [0.717, 1.165) is 11.3 Å². The molecule has 0 radical (unpaired) electrons. The summed E-state index contributed by atoms with van der Waals surface area (Å²) in [5.74, 6) is -0.381. The molecule has 2 aromatic carbocycles. The van der Waals surface area contributed by atoms with Crippen molar-refractivity contribution >= 4 is 33.3 Å². The molecule has 2 amide bonds. The van der Waals surface area contributed by atoms with Crippen molar-refractivity contribution in [2.45, 2.75) is 25.2 Å². The van der Waals surface area contributed by atoms with Gasteiger partial charge in [0.1, 0.15) is 4.90 Å². The number of fused-ring (bicyclic) bond motifs is 1. The Labute approximate surface area is 151 Å². The number of amides is 2. The smallest absolute Gasteiger partial charge is 0.339 e. The van der Waals surface area contributed by atoms with Gasteiger partial charge in [0.15, 0.2) is 5.75 Å². The van der Waals surface area contributed by atoms with E-state index in [9.17, 15) is 18.0 Å². The van der Waals surface area contributed by atoms with Crippen molar-refractivity contribution in [3.05, 3.63) is 48.0 Å². The van der Waals surface area contributed by atoms with Crippen LogP contribution in [0.1, 0.15) is 19.4 Å². The molecular weight excluding hydrogens is 356 g/mol. The molecule has 0 fully saturated rings. The summed E-state index contributed by atoms with van der Waals surface area (Å²) < 4.78 is 30.5. The van der Waals surface area contributed by atoms with Crippen molar-refractivity contribution in [2.24, 2.45) is 0 Å². The minimum absolute atomic E-state index is 0.000667. The Kier molecular flexibility index (Phi) is 4.69. The van der Waals surface area contributed by atoms with Crippen LogP contribution in [0.3, 0.4) is 0 Å². The average molecular weight is 374 g/mol. The van der Waals surface area contributed by atoms with E-state index >= 15 is 0 Å². The quantitative estimate of drug-likeness (QED) is 0.829. The van der Waals surface area contributed by atoms with Crippen LogP contribution in [-0.4, -0.2) is 26.8 Å². The molecule has 0 saturated carbocycles. The maximum Gasteiger partial charge on any atom is 0.339 e. The molecule has 0 saturated heterocycles. The molecule has 0 spiro atoms. The standard InChI is InChI=1S/C18H18N2O5S/c1-12(21)19-16-5-3-4-6-18(16)25-26(23,24)15-7-8-17-14(11-15)9-10-20(17)13(2)22/h3-8,11H,9-10H2,1-2H3,(H,19,21). The van der Waals surface area contributed by atoms with E-state index in [0.29, 0.717) is 13.0 Å². The van der Waals surface area contributed by atoms with Gasteiger partial charge in [-0.05, 0) is 42.3 Å². The monoisotopic (exact) mass is 374 g/mol. The lowest BCUT2D eigenvalue weighted by Gasteiger charge is -2.15. The highest BCUT2D eigenvalue weighted by atomic mass is 32.2. The molecule has 0 bridgehead atoms. The summed E-state index contributed by atoms with van der Waals surface area (Å²) >= 11 is 0. The van der Waals surface area contributed by atoms with Gasteiger partial charge in [0.05, 0.1) is 5.69 Å². The van der Waals surface area contributed by atoms with E-state index < -0.39 is 10.1 Å². The number of hydrogen-bond donors (Lipinski definition) is 1. The number of nitrogens with one attached hydrogen (secondary N) is 1. The first-order valence-corrected chi connectivity index (χ1v) is 9.41. The van der Waals surface area contributed by atoms with E-state index in [-0.39, 0.29) is 28.1 Å². The van der Waals surface area contributed by atoms with Crippen LogP contribution in [0, 0.1) is 0 Å². The Morgan fingerprint density at radius 2 is 1.85 bits per heavy atom. The third-order valence-electron chi connectivity index (χ3n) is 4.01. The van der Waals surface area contributed by atoms with Crippen LogP contribution in [0.15, 0.2) is 47.4 Å². The molecule has 8 heteroatoms. The highest BCUT2D eigenvalue weighted by molar-refractivity contribution is 7.87. The Hall–Kier alpha value is -2.87. The SMILES string of the molecule is CC(=O)Nc1ccccc1OS(=O)(=O)c1ccc2c(c1)CCN2C(C)=O. The largest absolute Gasteiger partial charge is 0.377 e. The molecule has 2 aromatic rings. The number of rotatable bonds is 4. The third-order valence-corrected chi connectivity index (χ3v) is 5.24. The summed E-state index contributed by atoms with van der Waals surface area (Å²) in [5, 5.41) is 2.53. The number of para-hydroxylation sites is 2. The number of carbonyl (C=O) groups is 2. The molecule has 7 nitrogen and oxygen atoms in total. The highest BCUT2D eigenvalue weighted by Gasteiger charge is 2.26. The van der Waals surface area contributed by atoms with Crippen LogP contribution >= 0.6 is 0 Å². The molecule has 1 aliphatic rings. The zero-order valence-electron chi connectivity index (χ0n) is 14.4. The second-order valence-electron chi connectivity index (χ2n) is 5.93. The summed E-state index contributed by atoms with van der Waals surface area (Å²) in [5.41, 5.74) is 1.77. The lowest BCUT2D eigenvalue weighted by molar-refractivity contribution is -0.116. The van der Waals surface area contributed by atoms with Crippen molar-refractivity contribution in [3.63, 3.8) is 0 Å². The van der Waals surface area contributed by atoms with Crippen LogP contribution < -0.4 is 14.4 Å². The molecule has 1 heterocycles. The average Bonchev–Trinajstić information content (AvgIpc) is 2.99. The highest BCUT2D eigenvalue weighted by Crippen LogP contribution is 2.32. The molecule has 1 aliphatic heterocycles. The fraction of sp³-hybridized carbons (Fsp3) is 0.222. The molecule has 3 rings (SSSR count). The van der Waals surface area contributed by atoms with Gasteiger partial charge >= 0.3 is 10.1 Å². The Bertz CT molecular complexity index is 985. The van der Waals surface area contributed by atoms with Gasteiger partial charge in [-0.2, -0.15) is 8.42 Å². The fourth-order valence-electron chi connectivity index (χ4n) is 2.86. The summed E-state index contributed by atoms with van der Waals surface area (Å²) in [6.45, 7) is 3.33. The van der Waals surface area contributed by atoms with Crippen molar-refractivity contribution in [2.75, 3.05) is 16.8 Å². The first-order valence-electron chi connectivity index (χ1n) is 8.00. The zero-order valence-corrected chi connectivity index (χ0v) is 15.2. The van der Waals surface area contributed by atoms with E-state index in [1.807, 2.05) is 0 Å². The molecule has 1 N–H and O–H groups in total. The van der Waals surface area contributed by atoms with E-state index in [1.54, 1.807) is 29.2 Å². The lowest BCUT2D eigenvalue weighted by atomic mass is 10.2. The Morgan fingerprint density at radius 1 is 1.12 bits per heavy atom. The number of carbonyl (C=O) groups excluding carboxylic acids is 2. The molecule has 0 atom stereocenters. The van der Waals surface area contributed by atoms with Gasteiger partial charge in [-0.1, -0.05) is 12.1 Å². The fourth-order valence-corrected chi connectivity index (χ4v) is 3.86. The summed E-state index contributed by atoms with van der Waals surface area (Å²) in [6.07, 6.45) is 0.584. The van der Waals surface area contributed by atoms with Gasteiger partial charge in [0, 0.05) is 26.1 Å². The van der Waals surface area contributed by atoms with Crippen LogP contribution in [0.25, 0.3) is 0 Å². The predicted molar refractivity (Wildman–Crippen MR) is 96.7 cm³/mol. The number of nitrogens with zero attached hydrogens (tertiary/aromatic N) is 1. The predicted octanol–water partition coefficient (Wildman–Crippen LogP) is 2.32. The van der Waals surface area contributed by atoms with Gasteiger partial charge in [0.25, 0.3) is 0 Å². The number of benzene rings is 2. The molecule has 0 aromatic heterocycles. The van der Waals surface area contributed by atoms with E-state index in [1.165, 1.54) is 32.0 Å². The Balaban J connectivity index is 1.91. The van der Waals surface area contributed by atoms with Crippen LogP contribution in [-0.2, 0) is 26.1 Å². The van der Waals surface area contributed by atoms with E-state index in [2.05, 4.69) is 5.32 Å². The number of hydrogen-bond acceptors (Lipinski definition) is 5. The van der Waals surface area contributed by atoms with Crippen LogP contribution in [0.2, 0.25) is 0 Å². The van der Waals surface area contributed by atoms with Crippen LogP contribution in [0.5, 0.6) is 5.75 Å². The first-order chi connectivity index (χ1) is 12.3. The molecule has 26 heavy (non-hydrogen) atoms. The topological polar surface area (TPSA) is 92.8 Å². The van der Waals surface area contributed by atoms with E-state index in [4.69, 9.17) is 4.18 Å². The summed E-state index contributed by atoms with van der Waals surface area (Å²) in [7, 11) is -4.09. The molecule has 0 aliphatic carbocycles. The minimum atomic E-state index is -4.09. The van der Waals surface area contributed by atoms with Crippen molar-refractivity contribution in [1.82, 2.24) is 0 Å². The normalized spacial score (nSPS) is 13.2. The molecule has 136 valence electrons. The molecule has 0 unspecified atom stereocenters. The number of anilines is 2. The van der Waals surface area contributed by atoms with Crippen molar-refractivity contribution in [1.29, 1.82) is 0 Å². The first kappa shape index (κ1) is 17.9. The third kappa shape index (κ3) is 3.55. The van der Waals surface area contributed by atoms with Gasteiger partial charge < -0.3 is 14.4 Å². The summed E-state index contributed by atoms with van der Waals surface area (Å²) in [4.78, 5) is 24.5. The second-order valence-corrected chi connectivity index (χ2v) is 7.47. The maximum absolute atomic E-state index is 12.6.